The highest BCUT2D eigenvalue weighted by Crippen LogP contribution is 2.36. The molecule has 0 aromatic carbocycles. The van der Waals surface area contributed by atoms with Gasteiger partial charge in [-0.15, -0.1) is 0 Å². The van der Waals surface area contributed by atoms with E-state index in [4.69, 9.17) is 14.6 Å². The second kappa shape index (κ2) is 10.4. The second-order valence-corrected chi connectivity index (χ2v) is 8.89. The van der Waals surface area contributed by atoms with E-state index in [2.05, 4.69) is 29.9 Å². The maximum Gasteiger partial charge on any atom is 0.316 e. The summed E-state index contributed by atoms with van der Waals surface area (Å²) in [6, 6.07) is 4.21. The number of aromatic nitrogens is 6. The molecular formula is C26H30FN7O2. The molecule has 5 rings (SSSR count). The van der Waals surface area contributed by atoms with Crippen molar-refractivity contribution >= 4 is 16.7 Å². The Kier molecular flexibility index (Phi) is 6.92. The van der Waals surface area contributed by atoms with Gasteiger partial charge in [-0.2, -0.15) is 5.10 Å². The Morgan fingerprint density at radius 2 is 1.83 bits per heavy atom. The number of ether oxygens (including phenoxy) is 2. The highest BCUT2D eigenvalue weighted by Gasteiger charge is 2.28. The molecule has 0 spiro atoms. The van der Waals surface area contributed by atoms with E-state index in [1.165, 1.54) is 0 Å². The molecule has 0 bridgehead atoms. The van der Waals surface area contributed by atoms with Crippen LogP contribution in [0.25, 0.3) is 22.2 Å². The van der Waals surface area contributed by atoms with Crippen LogP contribution in [0.15, 0.2) is 36.9 Å². The largest absolute Gasteiger partial charge is 0.472 e. The smallest absolute Gasteiger partial charge is 0.316 e. The van der Waals surface area contributed by atoms with E-state index in [0.29, 0.717) is 18.2 Å². The Morgan fingerprint density at radius 3 is 2.56 bits per heavy atom. The molecule has 4 aromatic rings. The Balaban J connectivity index is 1.41. The number of aryl methyl sites for hydroxylation is 1. The first kappa shape index (κ1) is 23.9. The van der Waals surface area contributed by atoms with E-state index in [9.17, 15) is 4.39 Å². The molecule has 0 atom stereocenters. The first-order valence-electron chi connectivity index (χ1n) is 12.4. The summed E-state index contributed by atoms with van der Waals surface area (Å²) in [6.45, 7) is 6.94. The molecule has 0 radical (unpaired) electrons. The Morgan fingerprint density at radius 1 is 1.06 bits per heavy atom. The van der Waals surface area contributed by atoms with E-state index < -0.39 is 0 Å². The molecular weight excluding hydrogens is 461 g/mol. The molecule has 9 nitrogen and oxygen atoms in total. The third-order valence-electron chi connectivity index (χ3n) is 6.44. The number of nitrogens with zero attached hydrogens (tertiary/aromatic N) is 6. The first-order valence-corrected chi connectivity index (χ1v) is 12.4. The van der Waals surface area contributed by atoms with Gasteiger partial charge in [0.2, 0.25) is 0 Å². The van der Waals surface area contributed by atoms with Crippen LogP contribution in [0, 0.1) is 12.7 Å². The van der Waals surface area contributed by atoms with Gasteiger partial charge >= 0.3 is 6.01 Å². The minimum Gasteiger partial charge on any atom is -0.472 e. The highest BCUT2D eigenvalue weighted by atomic mass is 19.1. The lowest BCUT2D eigenvalue weighted by atomic mass is 9.93. The van der Waals surface area contributed by atoms with E-state index in [-0.39, 0.29) is 23.8 Å². The van der Waals surface area contributed by atoms with Gasteiger partial charge in [-0.1, -0.05) is 0 Å². The number of fused-ring (bicyclic) bond motifs is 1. The normalized spacial score (nSPS) is 17.8. The van der Waals surface area contributed by atoms with Crippen molar-refractivity contribution in [3.8, 4) is 23.1 Å². The van der Waals surface area contributed by atoms with Crippen LogP contribution < -0.4 is 14.8 Å². The summed E-state index contributed by atoms with van der Waals surface area (Å²) in [5.41, 5.74) is 3.12. The van der Waals surface area contributed by atoms with Crippen molar-refractivity contribution in [1.82, 2.24) is 29.7 Å². The Labute approximate surface area is 209 Å². The molecule has 1 N–H and O–H groups in total. The van der Waals surface area contributed by atoms with Gasteiger partial charge in [0.15, 0.2) is 5.82 Å². The fraction of sp³-hybridized carbons (Fsp3) is 0.423. The summed E-state index contributed by atoms with van der Waals surface area (Å²) in [5.74, 6) is 0.504. The predicted molar refractivity (Wildman–Crippen MR) is 135 cm³/mol. The average molecular weight is 492 g/mol. The third kappa shape index (κ3) is 4.80. The van der Waals surface area contributed by atoms with E-state index in [0.717, 1.165) is 60.2 Å². The lowest BCUT2D eigenvalue weighted by Gasteiger charge is -2.29. The van der Waals surface area contributed by atoms with E-state index in [1.807, 2.05) is 26.1 Å². The van der Waals surface area contributed by atoms with Crippen molar-refractivity contribution in [1.29, 1.82) is 0 Å². The topological polar surface area (TPSA) is 99.9 Å². The van der Waals surface area contributed by atoms with Crippen molar-refractivity contribution in [3.63, 3.8) is 0 Å². The monoisotopic (exact) mass is 491 g/mol. The molecule has 1 aliphatic rings. The number of anilines is 1. The van der Waals surface area contributed by atoms with Crippen LogP contribution in [0.3, 0.4) is 0 Å². The minimum absolute atomic E-state index is 0.0788. The van der Waals surface area contributed by atoms with Gasteiger partial charge in [-0.3, -0.25) is 4.68 Å². The van der Waals surface area contributed by atoms with Crippen LogP contribution in [0.5, 0.6) is 11.9 Å². The van der Waals surface area contributed by atoms with Crippen molar-refractivity contribution in [3.05, 3.63) is 48.3 Å². The fourth-order valence-electron chi connectivity index (χ4n) is 4.61. The molecule has 1 aliphatic carbocycles. The van der Waals surface area contributed by atoms with Crippen LogP contribution in [-0.4, -0.2) is 49.0 Å². The van der Waals surface area contributed by atoms with Crippen LogP contribution in [0.2, 0.25) is 0 Å². The molecule has 0 amide bonds. The molecule has 0 saturated heterocycles. The molecule has 4 heterocycles. The molecule has 36 heavy (non-hydrogen) atoms. The van der Waals surface area contributed by atoms with Crippen LogP contribution in [0.4, 0.5) is 10.2 Å². The minimum atomic E-state index is -0.386. The maximum absolute atomic E-state index is 14.4. The molecule has 4 aromatic heterocycles. The summed E-state index contributed by atoms with van der Waals surface area (Å²) < 4.78 is 27.8. The molecule has 0 unspecified atom stereocenters. The fourth-order valence-corrected chi connectivity index (χ4v) is 4.61. The number of rotatable bonds is 8. The van der Waals surface area contributed by atoms with Gasteiger partial charge in [0.25, 0.3) is 5.88 Å². The summed E-state index contributed by atoms with van der Waals surface area (Å²) >= 11 is 0. The quantitative estimate of drug-likeness (QED) is 0.362. The van der Waals surface area contributed by atoms with Gasteiger partial charge in [-0.25, -0.2) is 24.3 Å². The van der Waals surface area contributed by atoms with E-state index >= 15 is 0 Å². The molecule has 1 fully saturated rings. The zero-order chi connectivity index (χ0) is 25.1. The summed E-state index contributed by atoms with van der Waals surface area (Å²) in [4.78, 5) is 17.3. The SMILES string of the molecule is CCNc1cc2c(cn1)c(-c1cnc(OCC)nc1)nn2C1CCC(Oc2nccc(C)c2F)CC1. The first-order chi connectivity index (χ1) is 17.6. The number of hydrogen-bond acceptors (Lipinski definition) is 8. The van der Waals surface area contributed by atoms with Crippen molar-refractivity contribution in [2.75, 3.05) is 18.5 Å². The van der Waals surface area contributed by atoms with Crippen LogP contribution in [0.1, 0.15) is 51.1 Å². The van der Waals surface area contributed by atoms with Crippen molar-refractivity contribution in [2.45, 2.75) is 58.6 Å². The lowest BCUT2D eigenvalue weighted by molar-refractivity contribution is 0.120. The average Bonchev–Trinajstić information content (AvgIpc) is 3.27. The van der Waals surface area contributed by atoms with Gasteiger partial charge < -0.3 is 14.8 Å². The number of nitrogens with one attached hydrogen (secondary N) is 1. The van der Waals surface area contributed by atoms with Crippen LogP contribution in [-0.2, 0) is 0 Å². The maximum atomic E-state index is 14.4. The van der Waals surface area contributed by atoms with Crippen LogP contribution >= 0.6 is 0 Å². The van der Waals surface area contributed by atoms with Crippen molar-refractivity contribution < 1.29 is 13.9 Å². The predicted octanol–water partition coefficient (Wildman–Crippen LogP) is 5.12. The van der Waals surface area contributed by atoms with Gasteiger partial charge in [-0.05, 0) is 58.1 Å². The zero-order valence-electron chi connectivity index (χ0n) is 20.7. The number of halogens is 1. The van der Waals surface area contributed by atoms with E-state index in [1.54, 1.807) is 31.6 Å². The number of pyridine rings is 2. The standard InChI is InChI=1S/C26H30FN7O2/c1-4-28-22-12-21-20(15-30-22)24(17-13-31-26(32-14-17)35-5-2)33-34(21)18-6-8-19(9-7-18)36-25-23(27)16(3)10-11-29-25/h10-15,18-19H,4-9H2,1-3H3,(H,28,30). The third-order valence-corrected chi connectivity index (χ3v) is 6.44. The summed E-state index contributed by atoms with van der Waals surface area (Å²) in [5, 5.41) is 9.24. The molecule has 0 aliphatic heterocycles. The zero-order valence-corrected chi connectivity index (χ0v) is 20.7. The Hall–Kier alpha value is -3.82. The molecule has 1 saturated carbocycles. The Bertz CT molecular complexity index is 1330. The second-order valence-electron chi connectivity index (χ2n) is 8.89. The van der Waals surface area contributed by atoms with Crippen molar-refractivity contribution in [2.24, 2.45) is 0 Å². The molecule has 10 heteroatoms. The van der Waals surface area contributed by atoms with Gasteiger partial charge in [0.05, 0.1) is 18.2 Å². The summed E-state index contributed by atoms with van der Waals surface area (Å²) in [6.07, 6.45) is 10.1. The van der Waals surface area contributed by atoms with Gasteiger partial charge in [0, 0.05) is 48.3 Å². The summed E-state index contributed by atoms with van der Waals surface area (Å²) in [7, 11) is 0. The molecule has 188 valence electrons. The lowest BCUT2D eigenvalue weighted by Crippen LogP contribution is -2.27. The van der Waals surface area contributed by atoms with Gasteiger partial charge in [0.1, 0.15) is 17.6 Å². The highest BCUT2D eigenvalue weighted by molar-refractivity contribution is 5.93. The number of hydrogen-bond donors (Lipinski definition) is 1.